The maximum absolute atomic E-state index is 5.69. The van der Waals surface area contributed by atoms with Gasteiger partial charge in [0.2, 0.25) is 0 Å². The van der Waals surface area contributed by atoms with Gasteiger partial charge in [-0.05, 0) is 69.1 Å². The van der Waals surface area contributed by atoms with Gasteiger partial charge < -0.3 is 19.9 Å². The average Bonchev–Trinajstić information content (AvgIpc) is 2.63. The van der Waals surface area contributed by atoms with Gasteiger partial charge in [0.1, 0.15) is 5.75 Å². The van der Waals surface area contributed by atoms with E-state index in [2.05, 4.69) is 47.2 Å². The van der Waals surface area contributed by atoms with Crippen LogP contribution in [0.3, 0.4) is 0 Å². The van der Waals surface area contributed by atoms with Crippen molar-refractivity contribution in [2.75, 3.05) is 39.6 Å². The molecule has 0 fully saturated rings. The normalized spacial score (nSPS) is 11.9. The fraction of sp³-hybridized carbons (Fsp3) is 0.368. The van der Waals surface area contributed by atoms with E-state index in [9.17, 15) is 0 Å². The van der Waals surface area contributed by atoms with Crippen LogP contribution in [0.4, 0.5) is 5.69 Å². The third kappa shape index (κ3) is 5.69. The van der Waals surface area contributed by atoms with Crippen molar-refractivity contribution < 1.29 is 4.74 Å². The molecule has 1 atom stereocenters. The van der Waals surface area contributed by atoms with Gasteiger partial charge in [-0.1, -0.05) is 6.07 Å². The first-order valence-electron chi connectivity index (χ1n) is 8.27. The number of rotatable bonds is 7. The molecule has 0 saturated heterocycles. The van der Waals surface area contributed by atoms with E-state index in [1.165, 1.54) is 0 Å². The zero-order valence-corrected chi connectivity index (χ0v) is 16.1. The molecule has 0 unspecified atom stereocenters. The molecule has 0 spiro atoms. The molecule has 0 amide bonds. The van der Waals surface area contributed by atoms with Crippen molar-refractivity contribution in [3.05, 3.63) is 54.4 Å². The van der Waals surface area contributed by atoms with E-state index >= 15 is 0 Å². The van der Waals surface area contributed by atoms with Gasteiger partial charge in [0.05, 0.1) is 13.2 Å². The van der Waals surface area contributed by atoms with Gasteiger partial charge >= 0.3 is 0 Å². The minimum atomic E-state index is 0.131. The highest BCUT2D eigenvalue weighted by Crippen LogP contribution is 2.21. The summed E-state index contributed by atoms with van der Waals surface area (Å²) in [7, 11) is 5.78. The molecule has 0 aliphatic carbocycles. The predicted octanol–water partition coefficient (Wildman–Crippen LogP) is 3.41. The van der Waals surface area contributed by atoms with Crippen LogP contribution in [0.15, 0.2) is 48.8 Å². The van der Waals surface area contributed by atoms with Crippen LogP contribution in [-0.4, -0.2) is 54.2 Å². The number of nitrogens with zero attached hydrogens (tertiary/aromatic N) is 3. The molecule has 6 heteroatoms. The first-order chi connectivity index (χ1) is 12.0. The van der Waals surface area contributed by atoms with Gasteiger partial charge in [-0.3, -0.25) is 4.98 Å². The molecular formula is C19H26N4OS. The van der Waals surface area contributed by atoms with Crippen molar-refractivity contribution in [2.45, 2.75) is 13.0 Å². The third-order valence-corrected chi connectivity index (χ3v) is 4.36. The van der Waals surface area contributed by atoms with Gasteiger partial charge in [-0.2, -0.15) is 0 Å². The highest BCUT2D eigenvalue weighted by molar-refractivity contribution is 7.80. The molecule has 0 radical (unpaired) electrons. The van der Waals surface area contributed by atoms with Gasteiger partial charge in [0.15, 0.2) is 5.11 Å². The average molecular weight is 359 g/mol. The van der Waals surface area contributed by atoms with Crippen LogP contribution < -0.4 is 10.1 Å². The number of aromatic nitrogens is 1. The fourth-order valence-corrected chi connectivity index (χ4v) is 2.82. The van der Waals surface area contributed by atoms with E-state index in [0.717, 1.165) is 30.1 Å². The fourth-order valence-electron chi connectivity index (χ4n) is 2.45. The SMILES string of the molecule is COc1ccc(NC(=S)N(CCN(C)C)[C@@H](C)c2cccnc2)cc1. The molecule has 2 rings (SSSR count). The molecule has 2 aromatic rings. The standard InChI is InChI=1S/C19H26N4OS/c1-15(16-6-5-11-20-14-16)23(13-12-22(2)3)19(25)21-17-7-9-18(24-4)10-8-17/h5-11,14-15H,12-13H2,1-4H3,(H,21,25)/t15-/m0/s1. The number of hydrogen-bond donors (Lipinski definition) is 1. The zero-order valence-electron chi connectivity index (χ0n) is 15.3. The number of anilines is 1. The Labute approximate surface area is 155 Å². The van der Waals surface area contributed by atoms with Crippen LogP contribution in [0, 0.1) is 0 Å². The summed E-state index contributed by atoms with van der Waals surface area (Å²) in [6.07, 6.45) is 3.68. The summed E-state index contributed by atoms with van der Waals surface area (Å²) >= 11 is 5.69. The number of thiocarbonyl (C=S) groups is 1. The van der Waals surface area contributed by atoms with Crippen molar-refractivity contribution in [2.24, 2.45) is 0 Å². The number of benzene rings is 1. The molecule has 25 heavy (non-hydrogen) atoms. The number of methoxy groups -OCH3 is 1. The van der Waals surface area contributed by atoms with E-state index in [0.29, 0.717) is 5.11 Å². The zero-order chi connectivity index (χ0) is 18.2. The summed E-state index contributed by atoms with van der Waals surface area (Å²) in [6, 6.07) is 11.9. The van der Waals surface area contributed by atoms with Crippen molar-refractivity contribution in [1.29, 1.82) is 0 Å². The second-order valence-corrected chi connectivity index (χ2v) is 6.50. The topological polar surface area (TPSA) is 40.6 Å². The van der Waals surface area contributed by atoms with E-state index in [4.69, 9.17) is 17.0 Å². The highest BCUT2D eigenvalue weighted by atomic mass is 32.1. The van der Waals surface area contributed by atoms with Crippen molar-refractivity contribution in [3.63, 3.8) is 0 Å². The molecule has 1 N–H and O–H groups in total. The Kier molecular flexibility index (Phi) is 7.16. The second-order valence-electron chi connectivity index (χ2n) is 6.12. The predicted molar refractivity (Wildman–Crippen MR) is 107 cm³/mol. The Hall–Kier alpha value is -2.18. The summed E-state index contributed by atoms with van der Waals surface area (Å²) in [6.45, 7) is 3.88. The van der Waals surface area contributed by atoms with Gasteiger partial charge in [0, 0.05) is 31.2 Å². The third-order valence-electron chi connectivity index (χ3n) is 4.02. The molecule has 134 valence electrons. The van der Waals surface area contributed by atoms with E-state index in [1.807, 2.05) is 36.5 Å². The number of nitrogens with one attached hydrogen (secondary N) is 1. The molecule has 1 aromatic heterocycles. The molecule has 0 aliphatic rings. The van der Waals surface area contributed by atoms with Crippen molar-refractivity contribution >= 4 is 23.0 Å². The summed E-state index contributed by atoms with van der Waals surface area (Å²) < 4.78 is 5.20. The minimum absolute atomic E-state index is 0.131. The van der Waals surface area contributed by atoms with Gasteiger partial charge in [-0.15, -0.1) is 0 Å². The monoisotopic (exact) mass is 358 g/mol. The Bertz CT molecular complexity index is 661. The van der Waals surface area contributed by atoms with Gasteiger partial charge in [-0.25, -0.2) is 0 Å². The van der Waals surface area contributed by atoms with E-state index in [1.54, 1.807) is 13.3 Å². The maximum atomic E-state index is 5.69. The summed E-state index contributed by atoms with van der Waals surface area (Å²) in [4.78, 5) is 8.57. The van der Waals surface area contributed by atoms with Crippen LogP contribution in [0.1, 0.15) is 18.5 Å². The largest absolute Gasteiger partial charge is 0.497 e. The lowest BCUT2D eigenvalue weighted by Gasteiger charge is -2.33. The molecule has 5 nitrogen and oxygen atoms in total. The summed E-state index contributed by atoms with van der Waals surface area (Å²) in [5, 5.41) is 4.03. The molecule has 0 bridgehead atoms. The minimum Gasteiger partial charge on any atom is -0.497 e. The Morgan fingerprint density at radius 2 is 1.92 bits per heavy atom. The summed E-state index contributed by atoms with van der Waals surface area (Å²) in [5.74, 6) is 0.824. The van der Waals surface area contributed by atoms with E-state index in [-0.39, 0.29) is 6.04 Å². The first kappa shape index (κ1) is 19.1. The van der Waals surface area contributed by atoms with Crippen LogP contribution in [0.5, 0.6) is 5.75 Å². The Balaban J connectivity index is 2.13. The lowest BCUT2D eigenvalue weighted by Crippen LogP contribution is -2.40. The van der Waals surface area contributed by atoms with Crippen LogP contribution in [-0.2, 0) is 0 Å². The van der Waals surface area contributed by atoms with Crippen molar-refractivity contribution in [3.8, 4) is 5.75 Å². The van der Waals surface area contributed by atoms with Gasteiger partial charge in [0.25, 0.3) is 0 Å². The lowest BCUT2D eigenvalue weighted by molar-refractivity contribution is 0.289. The van der Waals surface area contributed by atoms with Crippen LogP contribution in [0.2, 0.25) is 0 Å². The van der Waals surface area contributed by atoms with Crippen molar-refractivity contribution in [1.82, 2.24) is 14.8 Å². The lowest BCUT2D eigenvalue weighted by atomic mass is 10.1. The Morgan fingerprint density at radius 3 is 2.48 bits per heavy atom. The summed E-state index contributed by atoms with van der Waals surface area (Å²) in [5.41, 5.74) is 2.08. The second kappa shape index (κ2) is 9.34. The maximum Gasteiger partial charge on any atom is 0.173 e. The molecule has 1 aromatic carbocycles. The first-order valence-corrected chi connectivity index (χ1v) is 8.68. The molecule has 0 saturated carbocycles. The molecule has 1 heterocycles. The number of pyridine rings is 1. The number of likely N-dealkylation sites (N-methyl/N-ethyl adjacent to an activating group) is 1. The smallest absolute Gasteiger partial charge is 0.173 e. The van der Waals surface area contributed by atoms with Crippen LogP contribution >= 0.6 is 12.2 Å². The molecule has 0 aliphatic heterocycles. The number of ether oxygens (including phenoxy) is 1. The van der Waals surface area contributed by atoms with E-state index < -0.39 is 0 Å². The highest BCUT2D eigenvalue weighted by Gasteiger charge is 2.19. The molecular weight excluding hydrogens is 332 g/mol. The Morgan fingerprint density at radius 1 is 1.20 bits per heavy atom. The number of hydrogen-bond acceptors (Lipinski definition) is 4. The van der Waals surface area contributed by atoms with Crippen LogP contribution in [0.25, 0.3) is 0 Å². The quantitative estimate of drug-likeness (QED) is 0.765.